The van der Waals surface area contributed by atoms with Crippen molar-refractivity contribution in [2.24, 2.45) is 0 Å². The molecule has 0 fully saturated rings. The molecule has 27 heavy (non-hydrogen) atoms. The quantitative estimate of drug-likeness (QED) is 0.635. The number of rotatable bonds is 4. The van der Waals surface area contributed by atoms with Crippen LogP contribution in [0.2, 0.25) is 0 Å². The predicted molar refractivity (Wildman–Crippen MR) is 107 cm³/mol. The maximum atomic E-state index is 11.9. The summed E-state index contributed by atoms with van der Waals surface area (Å²) in [5.41, 5.74) is 4.82. The lowest BCUT2D eigenvalue weighted by molar-refractivity contribution is 0.0900. The van der Waals surface area contributed by atoms with Gasteiger partial charge < -0.3 is 9.15 Å². The van der Waals surface area contributed by atoms with Gasteiger partial charge in [-0.3, -0.25) is 4.90 Å². The molecule has 2 heterocycles. The zero-order valence-electron chi connectivity index (χ0n) is 16.1. The van der Waals surface area contributed by atoms with Crippen molar-refractivity contribution in [3.8, 4) is 5.75 Å². The van der Waals surface area contributed by atoms with Crippen LogP contribution in [0.25, 0.3) is 11.0 Å². The topological polar surface area (TPSA) is 42.7 Å². The van der Waals surface area contributed by atoms with Crippen LogP contribution in [0.4, 0.5) is 0 Å². The lowest BCUT2D eigenvalue weighted by Gasteiger charge is -2.32. The lowest BCUT2D eigenvalue weighted by atomic mass is 9.98. The van der Waals surface area contributed by atoms with E-state index in [9.17, 15) is 4.79 Å². The summed E-state index contributed by atoms with van der Waals surface area (Å²) in [6, 6.07) is 14.3. The first-order chi connectivity index (χ1) is 13.1. The Morgan fingerprint density at radius 3 is 2.70 bits per heavy atom. The number of nitrogens with zero attached hydrogens (tertiary/aromatic N) is 1. The Bertz CT molecular complexity index is 1020. The third-order valence-corrected chi connectivity index (χ3v) is 5.44. The van der Waals surface area contributed by atoms with E-state index in [4.69, 9.17) is 9.15 Å². The fourth-order valence-electron chi connectivity index (χ4n) is 4.02. The van der Waals surface area contributed by atoms with Gasteiger partial charge in [0, 0.05) is 35.7 Å². The van der Waals surface area contributed by atoms with Crippen LogP contribution in [0.15, 0.2) is 51.7 Å². The highest BCUT2D eigenvalue weighted by Crippen LogP contribution is 2.36. The molecule has 0 N–H and O–H groups in total. The van der Waals surface area contributed by atoms with Crippen LogP contribution >= 0.6 is 0 Å². The van der Waals surface area contributed by atoms with E-state index in [1.54, 1.807) is 6.07 Å². The van der Waals surface area contributed by atoms with E-state index in [0.717, 1.165) is 47.3 Å². The van der Waals surface area contributed by atoms with Gasteiger partial charge in [0.25, 0.3) is 0 Å². The third-order valence-electron chi connectivity index (χ3n) is 5.44. The van der Waals surface area contributed by atoms with E-state index in [1.165, 1.54) is 5.56 Å². The first kappa shape index (κ1) is 17.8. The molecule has 0 spiro atoms. The van der Waals surface area contributed by atoms with Crippen LogP contribution in [0.5, 0.6) is 5.75 Å². The van der Waals surface area contributed by atoms with Crippen LogP contribution < -0.4 is 10.4 Å². The largest absolute Gasteiger partial charge is 0.477 e. The second kappa shape index (κ2) is 7.20. The van der Waals surface area contributed by atoms with Crippen molar-refractivity contribution in [2.45, 2.75) is 39.7 Å². The number of aryl methyl sites for hydroxylation is 2. The number of hydrogen-bond donors (Lipinski definition) is 0. The zero-order chi connectivity index (χ0) is 19.0. The van der Waals surface area contributed by atoms with Crippen molar-refractivity contribution in [1.82, 2.24) is 4.90 Å². The van der Waals surface area contributed by atoms with Crippen LogP contribution in [-0.4, -0.2) is 18.2 Å². The standard InChI is InChI=1S/C23H25NO3/c1-4-17-11-21(25)27-23-16(3)22-19(10-20(17)23)13-24(14-26-22)12-15(2)18-8-6-5-7-9-18/h5-11,15H,4,12-14H2,1-3H3/t15-/m1/s1. The number of fused-ring (bicyclic) bond motifs is 2. The van der Waals surface area contributed by atoms with Gasteiger partial charge in [-0.2, -0.15) is 0 Å². The van der Waals surface area contributed by atoms with Gasteiger partial charge in [-0.1, -0.05) is 44.2 Å². The molecule has 1 atom stereocenters. The highest BCUT2D eigenvalue weighted by molar-refractivity contribution is 5.86. The van der Waals surface area contributed by atoms with Crippen molar-refractivity contribution in [1.29, 1.82) is 0 Å². The highest BCUT2D eigenvalue weighted by Gasteiger charge is 2.24. The normalized spacial score (nSPS) is 15.4. The van der Waals surface area contributed by atoms with Gasteiger partial charge in [-0.15, -0.1) is 0 Å². The minimum Gasteiger partial charge on any atom is -0.477 e. The summed E-state index contributed by atoms with van der Waals surface area (Å²) in [5.74, 6) is 1.30. The summed E-state index contributed by atoms with van der Waals surface area (Å²) < 4.78 is 11.6. The van der Waals surface area contributed by atoms with Crippen LogP contribution in [0, 0.1) is 6.92 Å². The molecule has 1 aliphatic rings. The monoisotopic (exact) mass is 363 g/mol. The zero-order valence-corrected chi connectivity index (χ0v) is 16.1. The van der Waals surface area contributed by atoms with Gasteiger partial charge in [0.05, 0.1) is 0 Å². The highest BCUT2D eigenvalue weighted by atomic mass is 16.5. The molecule has 1 aromatic heterocycles. The molecule has 0 saturated heterocycles. The van der Waals surface area contributed by atoms with Gasteiger partial charge in [-0.25, -0.2) is 4.79 Å². The second-order valence-electron chi connectivity index (χ2n) is 7.41. The fraction of sp³-hybridized carbons (Fsp3) is 0.348. The van der Waals surface area contributed by atoms with Gasteiger partial charge >= 0.3 is 5.63 Å². The van der Waals surface area contributed by atoms with Crippen molar-refractivity contribution >= 4 is 11.0 Å². The molecular weight excluding hydrogens is 338 g/mol. The van der Waals surface area contributed by atoms with Crippen LogP contribution in [-0.2, 0) is 13.0 Å². The molecule has 0 bridgehead atoms. The molecule has 4 heteroatoms. The smallest absolute Gasteiger partial charge is 0.336 e. The minimum atomic E-state index is -0.295. The van der Waals surface area contributed by atoms with E-state index >= 15 is 0 Å². The summed E-state index contributed by atoms with van der Waals surface area (Å²) in [6.45, 7) is 8.62. The molecule has 2 aromatic carbocycles. The Kier molecular flexibility index (Phi) is 4.75. The molecule has 0 saturated carbocycles. The van der Waals surface area contributed by atoms with Gasteiger partial charge in [0.15, 0.2) is 0 Å². The Labute approximate surface area is 159 Å². The Balaban J connectivity index is 1.65. The summed E-state index contributed by atoms with van der Waals surface area (Å²) >= 11 is 0. The van der Waals surface area contributed by atoms with Crippen LogP contribution in [0.1, 0.15) is 42.0 Å². The van der Waals surface area contributed by atoms with E-state index < -0.39 is 0 Å². The molecule has 0 radical (unpaired) electrons. The van der Waals surface area contributed by atoms with Gasteiger partial charge in [0.2, 0.25) is 0 Å². The van der Waals surface area contributed by atoms with E-state index in [1.807, 2.05) is 13.0 Å². The Hall–Kier alpha value is -2.59. The van der Waals surface area contributed by atoms with Gasteiger partial charge in [-0.05, 0) is 36.5 Å². The molecule has 4 nitrogen and oxygen atoms in total. The molecule has 0 unspecified atom stereocenters. The first-order valence-electron chi connectivity index (χ1n) is 9.56. The Morgan fingerprint density at radius 1 is 1.19 bits per heavy atom. The fourth-order valence-corrected chi connectivity index (χ4v) is 4.02. The second-order valence-corrected chi connectivity index (χ2v) is 7.41. The van der Waals surface area contributed by atoms with E-state index in [0.29, 0.717) is 18.2 Å². The average Bonchev–Trinajstić information content (AvgIpc) is 2.69. The van der Waals surface area contributed by atoms with Gasteiger partial charge in [0.1, 0.15) is 18.1 Å². The summed E-state index contributed by atoms with van der Waals surface area (Å²) in [4.78, 5) is 14.2. The molecule has 3 aromatic rings. The summed E-state index contributed by atoms with van der Waals surface area (Å²) in [7, 11) is 0. The molecule has 4 rings (SSSR count). The first-order valence-corrected chi connectivity index (χ1v) is 9.56. The predicted octanol–water partition coefficient (Wildman–Crippen LogP) is 4.62. The maximum Gasteiger partial charge on any atom is 0.336 e. The van der Waals surface area contributed by atoms with Crippen molar-refractivity contribution < 1.29 is 9.15 Å². The Morgan fingerprint density at radius 2 is 1.96 bits per heavy atom. The maximum absolute atomic E-state index is 11.9. The summed E-state index contributed by atoms with van der Waals surface area (Å²) in [6.07, 6.45) is 0.802. The number of hydrogen-bond acceptors (Lipinski definition) is 4. The van der Waals surface area contributed by atoms with E-state index in [2.05, 4.69) is 49.1 Å². The lowest BCUT2D eigenvalue weighted by Crippen LogP contribution is -2.35. The molecule has 0 aliphatic carbocycles. The van der Waals surface area contributed by atoms with Crippen molar-refractivity contribution in [3.05, 3.63) is 75.1 Å². The number of benzene rings is 2. The van der Waals surface area contributed by atoms with Crippen LogP contribution in [0.3, 0.4) is 0 Å². The molecular formula is C23H25NO3. The minimum absolute atomic E-state index is 0.295. The SMILES string of the molecule is CCc1cc(=O)oc2c(C)c3c(cc12)CN(C[C@@H](C)c1ccccc1)CO3. The summed E-state index contributed by atoms with van der Waals surface area (Å²) in [5, 5.41) is 1.02. The molecule has 1 aliphatic heterocycles. The average molecular weight is 363 g/mol. The van der Waals surface area contributed by atoms with E-state index in [-0.39, 0.29) is 5.63 Å². The van der Waals surface area contributed by atoms with Crippen molar-refractivity contribution in [3.63, 3.8) is 0 Å². The molecule has 0 amide bonds. The third kappa shape index (κ3) is 3.37. The number of ether oxygens (including phenoxy) is 1. The van der Waals surface area contributed by atoms with Crippen molar-refractivity contribution in [2.75, 3.05) is 13.3 Å². The molecule has 140 valence electrons.